The Balaban J connectivity index is 0.000000250. The SMILES string of the molecule is CC(=O)c1cc(-c2ccc(NC(=O)OC(C)(C)C)cc2)cn1C.Cn1cc(-c2ccc(NC(=O)OC(C)(C)C)cc2)cc1C(=O)O. The highest BCUT2D eigenvalue weighted by molar-refractivity contribution is 5.94. The van der Waals surface area contributed by atoms with Crippen LogP contribution in [0.3, 0.4) is 0 Å². The van der Waals surface area contributed by atoms with Crippen molar-refractivity contribution in [3.63, 3.8) is 0 Å². The normalized spacial score (nSPS) is 11.2. The van der Waals surface area contributed by atoms with Crippen molar-refractivity contribution in [2.75, 3.05) is 10.6 Å². The summed E-state index contributed by atoms with van der Waals surface area (Å²) in [5.41, 5.74) is 4.66. The van der Waals surface area contributed by atoms with Crippen LogP contribution in [0.25, 0.3) is 22.3 Å². The number of aromatic carboxylic acids is 1. The summed E-state index contributed by atoms with van der Waals surface area (Å²) in [5.74, 6) is -0.941. The van der Waals surface area contributed by atoms with Crippen LogP contribution in [0.1, 0.15) is 69.4 Å². The van der Waals surface area contributed by atoms with Gasteiger partial charge in [-0.15, -0.1) is 0 Å². The number of aryl methyl sites for hydroxylation is 2. The number of nitrogens with one attached hydrogen (secondary N) is 2. The number of ether oxygens (including phenoxy) is 2. The number of aromatic nitrogens is 2. The molecule has 2 aromatic heterocycles. The van der Waals surface area contributed by atoms with Gasteiger partial charge in [0.05, 0.1) is 5.69 Å². The summed E-state index contributed by atoms with van der Waals surface area (Å²) in [7, 11) is 3.53. The minimum Gasteiger partial charge on any atom is -0.477 e. The van der Waals surface area contributed by atoms with E-state index in [4.69, 9.17) is 14.6 Å². The maximum atomic E-state index is 11.7. The summed E-state index contributed by atoms with van der Waals surface area (Å²) in [6.45, 7) is 12.4. The van der Waals surface area contributed by atoms with Crippen LogP contribution in [-0.2, 0) is 23.6 Å². The number of anilines is 2. The van der Waals surface area contributed by atoms with Crippen molar-refractivity contribution in [2.24, 2.45) is 14.1 Å². The first-order chi connectivity index (χ1) is 21.3. The van der Waals surface area contributed by atoms with Crippen molar-refractivity contribution in [2.45, 2.75) is 59.7 Å². The van der Waals surface area contributed by atoms with E-state index in [1.807, 2.05) is 68.9 Å². The second kappa shape index (κ2) is 14.2. The van der Waals surface area contributed by atoms with Crippen LogP contribution < -0.4 is 10.6 Å². The van der Waals surface area contributed by atoms with E-state index >= 15 is 0 Å². The van der Waals surface area contributed by atoms with Crippen LogP contribution in [0.15, 0.2) is 73.1 Å². The van der Waals surface area contributed by atoms with E-state index in [2.05, 4.69) is 10.6 Å². The first kappa shape index (κ1) is 35.2. The lowest BCUT2D eigenvalue weighted by molar-refractivity contribution is 0.0624. The van der Waals surface area contributed by atoms with Crippen LogP contribution in [0.2, 0.25) is 0 Å². The highest BCUT2D eigenvalue weighted by atomic mass is 16.6. The van der Waals surface area contributed by atoms with Crippen LogP contribution in [0.5, 0.6) is 0 Å². The molecule has 2 aromatic carbocycles. The van der Waals surface area contributed by atoms with E-state index in [9.17, 15) is 19.2 Å². The average molecular weight is 631 g/mol. The highest BCUT2D eigenvalue weighted by Crippen LogP contribution is 2.25. The summed E-state index contributed by atoms with van der Waals surface area (Å²) in [6.07, 6.45) is 2.66. The number of carbonyl (C=O) groups is 4. The Labute approximate surface area is 269 Å². The van der Waals surface area contributed by atoms with Gasteiger partial charge in [0.2, 0.25) is 0 Å². The maximum Gasteiger partial charge on any atom is 0.412 e. The number of carboxylic acid groups (broad SMARTS) is 1. The number of Topliss-reactive ketones (excluding diaryl/α,β-unsaturated/α-hetero) is 1. The zero-order valence-electron chi connectivity index (χ0n) is 27.7. The molecule has 2 heterocycles. The monoisotopic (exact) mass is 630 g/mol. The van der Waals surface area contributed by atoms with Gasteiger partial charge >= 0.3 is 18.2 Å². The largest absolute Gasteiger partial charge is 0.477 e. The molecule has 0 saturated heterocycles. The van der Waals surface area contributed by atoms with Gasteiger partial charge in [0.15, 0.2) is 5.78 Å². The number of hydrogen-bond donors (Lipinski definition) is 3. The lowest BCUT2D eigenvalue weighted by atomic mass is 10.1. The number of nitrogens with zero attached hydrogens (tertiary/aromatic N) is 2. The van der Waals surface area contributed by atoms with Crippen molar-refractivity contribution < 1.29 is 33.8 Å². The number of carboxylic acids is 1. The molecule has 11 heteroatoms. The van der Waals surface area contributed by atoms with Gasteiger partial charge in [0.1, 0.15) is 16.9 Å². The second-order valence-electron chi connectivity index (χ2n) is 12.7. The van der Waals surface area contributed by atoms with Crippen molar-refractivity contribution >= 4 is 35.3 Å². The molecule has 0 atom stereocenters. The standard InChI is InChI=1S/C18H22N2O3.C17H20N2O4/c1-12(21)16-10-14(11-20(16)5)13-6-8-15(9-7-13)19-17(22)23-18(2,3)4;1-17(2,3)23-16(22)18-13-7-5-11(6-8-13)12-9-14(15(20)21)19(4)10-12/h6-11H,1-5H3,(H,19,22);5-10H,1-4H3,(H,18,22)(H,20,21). The van der Waals surface area contributed by atoms with Crippen molar-refractivity contribution in [1.82, 2.24) is 9.13 Å². The molecule has 0 spiro atoms. The first-order valence-corrected chi connectivity index (χ1v) is 14.6. The third-order valence-electron chi connectivity index (χ3n) is 6.32. The molecular formula is C35H42N4O7. The molecule has 244 valence electrons. The molecule has 46 heavy (non-hydrogen) atoms. The molecule has 0 aliphatic heterocycles. The van der Waals surface area contributed by atoms with E-state index in [1.54, 1.807) is 75.8 Å². The summed E-state index contributed by atoms with van der Waals surface area (Å²) >= 11 is 0. The van der Waals surface area contributed by atoms with E-state index in [1.165, 1.54) is 0 Å². The summed E-state index contributed by atoms with van der Waals surface area (Å²) < 4.78 is 13.8. The molecule has 0 unspecified atom stereocenters. The van der Waals surface area contributed by atoms with Gasteiger partial charge in [-0.1, -0.05) is 24.3 Å². The summed E-state index contributed by atoms with van der Waals surface area (Å²) in [5, 5.41) is 14.4. The minimum atomic E-state index is -0.970. The molecule has 3 N–H and O–H groups in total. The molecule has 0 aliphatic carbocycles. The van der Waals surface area contributed by atoms with Crippen molar-refractivity contribution in [1.29, 1.82) is 0 Å². The molecule has 0 bridgehead atoms. The fourth-order valence-corrected chi connectivity index (χ4v) is 4.34. The van der Waals surface area contributed by atoms with Gasteiger partial charge in [0, 0.05) is 55.9 Å². The Hall–Kier alpha value is -5.32. The number of hydrogen-bond acceptors (Lipinski definition) is 6. The van der Waals surface area contributed by atoms with Crippen molar-refractivity contribution in [3.8, 4) is 22.3 Å². The second-order valence-corrected chi connectivity index (χ2v) is 12.7. The zero-order valence-corrected chi connectivity index (χ0v) is 27.7. The predicted molar refractivity (Wildman–Crippen MR) is 178 cm³/mol. The fourth-order valence-electron chi connectivity index (χ4n) is 4.34. The quantitative estimate of drug-likeness (QED) is 0.183. The van der Waals surface area contributed by atoms with Crippen LogP contribution >= 0.6 is 0 Å². The van der Waals surface area contributed by atoms with Gasteiger partial charge in [-0.25, -0.2) is 14.4 Å². The Morgan fingerprint density at radius 1 is 0.609 bits per heavy atom. The number of ketones is 1. The Bertz CT molecular complexity index is 1570. The number of amides is 2. The van der Waals surface area contributed by atoms with Crippen LogP contribution in [-0.4, -0.2) is 49.4 Å². The molecule has 2 amide bonds. The molecule has 0 fully saturated rings. The fraction of sp³-hybridized carbons (Fsp3) is 0.314. The van der Waals surface area contributed by atoms with E-state index in [0.717, 1.165) is 22.3 Å². The topological polar surface area (TPSA) is 141 Å². The molecule has 0 aliphatic rings. The Morgan fingerprint density at radius 2 is 0.957 bits per heavy atom. The van der Waals surface area contributed by atoms with Gasteiger partial charge in [0.25, 0.3) is 0 Å². The average Bonchev–Trinajstić information content (AvgIpc) is 3.50. The number of carbonyl (C=O) groups excluding carboxylic acids is 3. The smallest absolute Gasteiger partial charge is 0.412 e. The Morgan fingerprint density at radius 3 is 1.24 bits per heavy atom. The van der Waals surface area contributed by atoms with E-state index < -0.39 is 29.4 Å². The van der Waals surface area contributed by atoms with Gasteiger partial charge in [-0.3, -0.25) is 15.4 Å². The third-order valence-corrected chi connectivity index (χ3v) is 6.32. The van der Waals surface area contributed by atoms with Gasteiger partial charge in [-0.05, 0) is 89.1 Å². The maximum absolute atomic E-state index is 11.7. The Kier molecular flexibility index (Phi) is 10.8. The van der Waals surface area contributed by atoms with Crippen molar-refractivity contribution in [3.05, 3.63) is 84.4 Å². The summed E-state index contributed by atoms with van der Waals surface area (Å²) in [6, 6.07) is 18.0. The summed E-state index contributed by atoms with van der Waals surface area (Å²) in [4.78, 5) is 46.0. The van der Waals surface area contributed by atoms with Gasteiger partial charge < -0.3 is 23.7 Å². The van der Waals surface area contributed by atoms with Crippen LogP contribution in [0, 0.1) is 0 Å². The highest BCUT2D eigenvalue weighted by Gasteiger charge is 2.18. The number of rotatable bonds is 6. The molecule has 11 nitrogen and oxygen atoms in total. The molecule has 0 saturated carbocycles. The molecule has 4 aromatic rings. The minimum absolute atomic E-state index is 0.0296. The van der Waals surface area contributed by atoms with E-state index in [0.29, 0.717) is 17.1 Å². The zero-order chi connectivity index (χ0) is 34.4. The van der Waals surface area contributed by atoms with Gasteiger partial charge in [-0.2, -0.15) is 0 Å². The lowest BCUT2D eigenvalue weighted by Gasteiger charge is -2.19. The van der Waals surface area contributed by atoms with E-state index in [-0.39, 0.29) is 11.5 Å². The van der Waals surface area contributed by atoms with Crippen LogP contribution in [0.4, 0.5) is 21.0 Å². The number of benzene rings is 2. The predicted octanol–water partition coefficient (Wildman–Crippen LogP) is 7.98. The third kappa shape index (κ3) is 10.4. The first-order valence-electron chi connectivity index (χ1n) is 14.6. The molecule has 4 rings (SSSR count). The molecule has 0 radical (unpaired) electrons. The lowest BCUT2D eigenvalue weighted by Crippen LogP contribution is -2.27. The molecular weight excluding hydrogens is 588 g/mol.